The number of carbonyl (C=O) groups excluding carboxylic acids is 1. The van der Waals surface area contributed by atoms with Gasteiger partial charge in [0.1, 0.15) is 5.82 Å². The van der Waals surface area contributed by atoms with E-state index in [1.165, 1.54) is 0 Å². The Hall–Kier alpha value is -3.25. The smallest absolute Gasteiger partial charge is 0.353 e. The molecule has 3 atom stereocenters. The molecule has 41 heavy (non-hydrogen) atoms. The zero-order valence-electron chi connectivity index (χ0n) is 23.0. The molecule has 0 saturated carbocycles. The average Bonchev–Trinajstić information content (AvgIpc) is 2.92. The Balaban J connectivity index is 1.35. The summed E-state index contributed by atoms with van der Waals surface area (Å²) in [6.07, 6.45) is -2.97. The molecule has 2 aliphatic heterocycles. The first kappa shape index (κ1) is 29.2. The Morgan fingerprint density at radius 2 is 1.71 bits per heavy atom. The van der Waals surface area contributed by atoms with E-state index in [-0.39, 0.29) is 44.6 Å². The molecule has 1 aromatic carbocycles. The van der Waals surface area contributed by atoms with Crippen molar-refractivity contribution in [3.63, 3.8) is 0 Å². The number of anilines is 1. The molecule has 0 aliphatic carbocycles. The number of carbonyl (C=O) groups is 1. The molecule has 7 nitrogen and oxygen atoms in total. The third-order valence-corrected chi connectivity index (χ3v) is 7.82. The maximum absolute atomic E-state index is 13.9. The Morgan fingerprint density at radius 3 is 2.34 bits per heavy atom. The van der Waals surface area contributed by atoms with Crippen molar-refractivity contribution < 1.29 is 26.7 Å². The summed E-state index contributed by atoms with van der Waals surface area (Å²) in [6.45, 7) is 5.99. The first-order chi connectivity index (χ1) is 19.4. The van der Waals surface area contributed by atoms with E-state index in [9.17, 15) is 26.7 Å². The fourth-order valence-corrected chi connectivity index (χ4v) is 5.86. The largest absolute Gasteiger partial charge is 0.451 e. The van der Waals surface area contributed by atoms with Crippen molar-refractivity contribution in [2.24, 2.45) is 0 Å². The maximum atomic E-state index is 13.9. The molecule has 0 radical (unpaired) electrons. The molecular formula is C29H33F5N6O. The van der Waals surface area contributed by atoms with Crippen molar-refractivity contribution in [2.75, 3.05) is 31.1 Å². The predicted octanol–water partition coefficient (Wildman–Crippen LogP) is 5.67. The van der Waals surface area contributed by atoms with Gasteiger partial charge in [-0.1, -0.05) is 12.1 Å². The van der Waals surface area contributed by atoms with Crippen LogP contribution in [0.5, 0.6) is 0 Å². The SMILES string of the molecule is CC1CN(c2ccc3c(C(=O)CC[C@H](c4cnc(C(F)(F)F)nc4)N4CCC(F)(F)CC4)cccc3n2)CC(C)N1. The third kappa shape index (κ3) is 6.81. The van der Waals surface area contributed by atoms with Crippen LogP contribution in [0.3, 0.4) is 0 Å². The standard InChI is InChI=1S/C29H33F5N6O/c1-18-16-40(17-19(2)37-18)26-9-6-21-22(4-3-5-23(21)38-26)25(41)8-7-24(39-12-10-28(30,31)11-13-39)20-14-35-27(36-15-20)29(32,33)34/h3-6,9,14-15,18-19,24,37H,7-8,10-13,16-17H2,1-2H3/t18?,19?,24-/m1/s1. The van der Waals surface area contributed by atoms with Gasteiger partial charge in [-0.25, -0.2) is 23.7 Å². The van der Waals surface area contributed by atoms with E-state index in [4.69, 9.17) is 4.98 Å². The highest BCUT2D eigenvalue weighted by atomic mass is 19.4. The van der Waals surface area contributed by atoms with Gasteiger partial charge in [-0.05, 0) is 38.5 Å². The lowest BCUT2D eigenvalue weighted by Gasteiger charge is -2.37. The summed E-state index contributed by atoms with van der Waals surface area (Å²) in [5, 5.41) is 4.21. The zero-order chi connectivity index (χ0) is 29.4. The van der Waals surface area contributed by atoms with Gasteiger partial charge < -0.3 is 10.2 Å². The van der Waals surface area contributed by atoms with E-state index in [1.807, 2.05) is 18.2 Å². The molecule has 1 N–H and O–H groups in total. The predicted molar refractivity (Wildman–Crippen MR) is 145 cm³/mol. The molecule has 2 unspecified atom stereocenters. The van der Waals surface area contributed by atoms with Crippen LogP contribution in [0.2, 0.25) is 0 Å². The number of ketones is 1. The molecule has 220 valence electrons. The first-order valence-electron chi connectivity index (χ1n) is 13.8. The fourth-order valence-electron chi connectivity index (χ4n) is 5.86. The van der Waals surface area contributed by atoms with E-state index in [0.29, 0.717) is 34.1 Å². The molecule has 12 heteroatoms. The number of piperazine rings is 1. The lowest BCUT2D eigenvalue weighted by molar-refractivity contribution is -0.145. The number of piperidine rings is 1. The second kappa shape index (κ2) is 11.6. The van der Waals surface area contributed by atoms with Crippen LogP contribution in [-0.4, -0.2) is 69.8 Å². The maximum Gasteiger partial charge on any atom is 0.451 e. The van der Waals surface area contributed by atoms with Crippen LogP contribution in [0.15, 0.2) is 42.7 Å². The van der Waals surface area contributed by atoms with E-state index in [1.54, 1.807) is 17.0 Å². The average molecular weight is 577 g/mol. The topological polar surface area (TPSA) is 74.2 Å². The first-order valence-corrected chi connectivity index (χ1v) is 13.8. The molecule has 2 aliphatic rings. The minimum Gasteiger partial charge on any atom is -0.353 e. The number of likely N-dealkylation sites (tertiary alicyclic amines) is 1. The van der Waals surface area contributed by atoms with Crippen LogP contribution in [-0.2, 0) is 6.18 Å². The minimum atomic E-state index is -4.69. The van der Waals surface area contributed by atoms with Gasteiger partial charge in [-0.2, -0.15) is 13.2 Å². The fraction of sp³-hybridized carbons (Fsp3) is 0.517. The molecule has 5 rings (SSSR count). The summed E-state index contributed by atoms with van der Waals surface area (Å²) >= 11 is 0. The summed E-state index contributed by atoms with van der Waals surface area (Å²) in [4.78, 5) is 29.2. The summed E-state index contributed by atoms with van der Waals surface area (Å²) in [6, 6.07) is 9.25. The number of fused-ring (bicyclic) bond motifs is 1. The van der Waals surface area contributed by atoms with Gasteiger partial charge in [0.15, 0.2) is 5.78 Å². The highest BCUT2D eigenvalue weighted by molar-refractivity contribution is 6.07. The van der Waals surface area contributed by atoms with E-state index < -0.39 is 24.0 Å². The van der Waals surface area contributed by atoms with Gasteiger partial charge >= 0.3 is 6.18 Å². The lowest BCUT2D eigenvalue weighted by atomic mass is 9.94. The molecule has 0 spiro atoms. The Kier molecular flexibility index (Phi) is 8.24. The van der Waals surface area contributed by atoms with Crippen LogP contribution in [0.25, 0.3) is 10.9 Å². The van der Waals surface area contributed by atoms with Gasteiger partial charge in [0.25, 0.3) is 5.92 Å². The summed E-state index contributed by atoms with van der Waals surface area (Å²) in [7, 11) is 0. The van der Waals surface area contributed by atoms with Crippen molar-refractivity contribution >= 4 is 22.5 Å². The van der Waals surface area contributed by atoms with E-state index in [2.05, 4.69) is 34.0 Å². The van der Waals surface area contributed by atoms with Crippen molar-refractivity contribution in [3.8, 4) is 0 Å². The second-order valence-electron chi connectivity index (χ2n) is 11.1. The summed E-state index contributed by atoms with van der Waals surface area (Å²) < 4.78 is 66.8. The number of nitrogens with one attached hydrogen (secondary N) is 1. The molecule has 0 amide bonds. The monoisotopic (exact) mass is 576 g/mol. The number of nitrogens with zero attached hydrogens (tertiary/aromatic N) is 5. The van der Waals surface area contributed by atoms with Gasteiger partial charge in [-0.15, -0.1) is 0 Å². The molecule has 2 fully saturated rings. The summed E-state index contributed by atoms with van der Waals surface area (Å²) in [5.41, 5.74) is 1.55. The lowest BCUT2D eigenvalue weighted by Crippen LogP contribution is -2.54. The van der Waals surface area contributed by atoms with Crippen molar-refractivity contribution in [3.05, 3.63) is 59.7 Å². The van der Waals surface area contributed by atoms with E-state index >= 15 is 0 Å². The van der Waals surface area contributed by atoms with Crippen molar-refractivity contribution in [2.45, 2.75) is 69.8 Å². The number of halogens is 5. The van der Waals surface area contributed by atoms with E-state index in [0.717, 1.165) is 31.3 Å². The van der Waals surface area contributed by atoms with Gasteiger partial charge in [0.05, 0.1) is 5.52 Å². The number of aromatic nitrogens is 3. The highest BCUT2D eigenvalue weighted by Crippen LogP contribution is 2.35. The number of alkyl halides is 5. The quantitative estimate of drug-likeness (QED) is 0.287. The number of pyridine rings is 1. The number of hydrogen-bond acceptors (Lipinski definition) is 7. The van der Waals surface area contributed by atoms with Crippen LogP contribution in [0, 0.1) is 0 Å². The molecule has 2 saturated heterocycles. The van der Waals surface area contributed by atoms with Gasteiger partial charge in [0, 0.05) is 92.5 Å². The highest BCUT2D eigenvalue weighted by Gasteiger charge is 2.38. The Labute approximate surface area is 235 Å². The number of benzene rings is 1. The van der Waals surface area contributed by atoms with Crippen LogP contribution in [0.1, 0.15) is 67.3 Å². The molecule has 4 heterocycles. The Morgan fingerprint density at radius 1 is 1.05 bits per heavy atom. The molecule has 2 aromatic heterocycles. The number of hydrogen-bond donors (Lipinski definition) is 1. The second-order valence-corrected chi connectivity index (χ2v) is 11.1. The summed E-state index contributed by atoms with van der Waals surface area (Å²) in [5.74, 6) is -3.38. The molecular weight excluding hydrogens is 543 g/mol. The zero-order valence-corrected chi connectivity index (χ0v) is 23.0. The normalized spacial score (nSPS) is 22.6. The molecule has 0 bridgehead atoms. The number of Topliss-reactive ketones (excluding diaryl/α,β-unsaturated/α-hetero) is 1. The van der Waals surface area contributed by atoms with Crippen molar-refractivity contribution in [1.29, 1.82) is 0 Å². The third-order valence-electron chi connectivity index (χ3n) is 7.82. The van der Waals surface area contributed by atoms with Crippen LogP contribution < -0.4 is 10.2 Å². The van der Waals surface area contributed by atoms with Gasteiger partial charge in [0.2, 0.25) is 5.82 Å². The van der Waals surface area contributed by atoms with Crippen LogP contribution >= 0.6 is 0 Å². The van der Waals surface area contributed by atoms with Gasteiger partial charge in [-0.3, -0.25) is 9.69 Å². The number of rotatable bonds is 7. The van der Waals surface area contributed by atoms with Crippen LogP contribution in [0.4, 0.5) is 27.8 Å². The minimum absolute atomic E-state index is 0.0527. The van der Waals surface area contributed by atoms with Crippen molar-refractivity contribution in [1.82, 2.24) is 25.2 Å². The Bertz CT molecular complexity index is 1360. The molecule has 3 aromatic rings.